The molecule has 3 N–H and O–H groups in total. The lowest BCUT2D eigenvalue weighted by Gasteiger charge is -2.19. The first kappa shape index (κ1) is 17.5. The van der Waals surface area contributed by atoms with Crippen LogP contribution in [0.4, 0.5) is 11.4 Å². The molecule has 0 aliphatic carbocycles. The molecule has 2 amide bonds. The van der Waals surface area contributed by atoms with E-state index in [1.54, 1.807) is 41.3 Å². The zero-order valence-electron chi connectivity index (χ0n) is 14.3. The molecule has 2 aromatic carbocycles. The van der Waals surface area contributed by atoms with Gasteiger partial charge in [0.05, 0.1) is 0 Å². The van der Waals surface area contributed by atoms with Crippen LogP contribution in [-0.2, 0) is 0 Å². The van der Waals surface area contributed by atoms with E-state index in [1.165, 1.54) is 0 Å². The third-order valence-electron chi connectivity index (χ3n) is 3.92. The van der Waals surface area contributed by atoms with Crippen LogP contribution in [0.15, 0.2) is 42.5 Å². The topological polar surface area (TPSA) is 75.4 Å². The molecular weight excluding hydrogens is 302 g/mol. The van der Waals surface area contributed by atoms with E-state index in [0.717, 1.165) is 5.56 Å². The number of nitrogens with one attached hydrogen (secondary N) is 1. The van der Waals surface area contributed by atoms with Gasteiger partial charge in [0.25, 0.3) is 11.8 Å². The molecule has 0 atom stereocenters. The van der Waals surface area contributed by atoms with Gasteiger partial charge >= 0.3 is 0 Å². The summed E-state index contributed by atoms with van der Waals surface area (Å²) < 4.78 is 0. The monoisotopic (exact) mass is 325 g/mol. The van der Waals surface area contributed by atoms with Crippen LogP contribution in [0.3, 0.4) is 0 Å². The second-order valence-electron chi connectivity index (χ2n) is 5.59. The van der Waals surface area contributed by atoms with Crippen molar-refractivity contribution in [3.63, 3.8) is 0 Å². The average Bonchev–Trinajstić information content (AvgIpc) is 2.58. The normalized spacial score (nSPS) is 10.3. The zero-order chi connectivity index (χ0) is 17.7. The van der Waals surface area contributed by atoms with E-state index in [2.05, 4.69) is 5.32 Å². The molecule has 0 spiro atoms. The minimum absolute atomic E-state index is 0.0452. The number of nitrogens with zero attached hydrogens (tertiary/aromatic N) is 1. The quantitative estimate of drug-likeness (QED) is 0.828. The summed E-state index contributed by atoms with van der Waals surface area (Å²) in [7, 11) is 0. The van der Waals surface area contributed by atoms with E-state index in [1.807, 2.05) is 26.8 Å². The third-order valence-corrected chi connectivity index (χ3v) is 3.92. The van der Waals surface area contributed by atoms with E-state index in [-0.39, 0.29) is 11.8 Å². The number of hydrogen-bond acceptors (Lipinski definition) is 3. The Morgan fingerprint density at radius 1 is 1.08 bits per heavy atom. The zero-order valence-corrected chi connectivity index (χ0v) is 14.3. The van der Waals surface area contributed by atoms with Crippen LogP contribution in [0, 0.1) is 6.92 Å². The summed E-state index contributed by atoms with van der Waals surface area (Å²) in [4.78, 5) is 26.6. The number of nitrogens with two attached hydrogens (primary N) is 1. The highest BCUT2D eigenvalue weighted by atomic mass is 16.2. The number of nitrogen functional groups attached to an aromatic ring is 1. The van der Waals surface area contributed by atoms with Crippen molar-refractivity contribution in [3.05, 3.63) is 59.2 Å². The van der Waals surface area contributed by atoms with Gasteiger partial charge in [-0.05, 0) is 56.7 Å². The first-order chi connectivity index (χ1) is 11.5. The standard InChI is InChI=1S/C19H23N3O2/c1-4-22(5-2)19(24)14-7-6-8-16(11-14)21-18(23)17-12-15(20)10-9-13(17)3/h6-12H,4-5,20H2,1-3H3,(H,21,23). The molecule has 24 heavy (non-hydrogen) atoms. The second kappa shape index (κ2) is 7.64. The van der Waals surface area contributed by atoms with Crippen LogP contribution < -0.4 is 11.1 Å². The lowest BCUT2D eigenvalue weighted by molar-refractivity contribution is 0.0772. The fourth-order valence-electron chi connectivity index (χ4n) is 2.51. The maximum Gasteiger partial charge on any atom is 0.256 e. The highest BCUT2D eigenvalue weighted by molar-refractivity contribution is 6.06. The van der Waals surface area contributed by atoms with Crippen molar-refractivity contribution in [2.45, 2.75) is 20.8 Å². The molecule has 0 aliphatic heterocycles. The average molecular weight is 325 g/mol. The van der Waals surface area contributed by atoms with Crippen LogP contribution in [0.2, 0.25) is 0 Å². The first-order valence-electron chi connectivity index (χ1n) is 8.03. The number of carbonyl (C=O) groups is 2. The molecule has 0 saturated carbocycles. The number of rotatable bonds is 5. The lowest BCUT2D eigenvalue weighted by Crippen LogP contribution is -2.30. The fraction of sp³-hybridized carbons (Fsp3) is 0.263. The van der Waals surface area contributed by atoms with Gasteiger partial charge in [-0.3, -0.25) is 9.59 Å². The summed E-state index contributed by atoms with van der Waals surface area (Å²) in [6, 6.07) is 12.2. The number of amides is 2. The molecular formula is C19H23N3O2. The fourth-order valence-corrected chi connectivity index (χ4v) is 2.51. The molecule has 0 unspecified atom stereocenters. The number of aryl methyl sites for hydroxylation is 1. The maximum atomic E-state index is 12.5. The minimum atomic E-state index is -0.243. The Morgan fingerprint density at radius 2 is 1.79 bits per heavy atom. The van der Waals surface area contributed by atoms with Crippen molar-refractivity contribution in [2.75, 3.05) is 24.1 Å². The number of carbonyl (C=O) groups excluding carboxylic acids is 2. The molecule has 0 radical (unpaired) electrons. The Kier molecular flexibility index (Phi) is 5.58. The summed E-state index contributed by atoms with van der Waals surface area (Å²) in [6.07, 6.45) is 0. The van der Waals surface area contributed by atoms with Gasteiger partial charge in [0.2, 0.25) is 0 Å². The molecule has 5 heteroatoms. The van der Waals surface area contributed by atoms with Gasteiger partial charge in [0, 0.05) is 35.6 Å². The van der Waals surface area contributed by atoms with Crippen molar-refractivity contribution in [1.29, 1.82) is 0 Å². The molecule has 5 nitrogen and oxygen atoms in total. The van der Waals surface area contributed by atoms with Crippen molar-refractivity contribution in [2.24, 2.45) is 0 Å². The molecule has 0 aromatic heterocycles. The van der Waals surface area contributed by atoms with E-state index in [0.29, 0.717) is 35.6 Å². The number of benzene rings is 2. The summed E-state index contributed by atoms with van der Waals surface area (Å²) in [5.74, 6) is -0.288. The van der Waals surface area contributed by atoms with Gasteiger partial charge in [0.15, 0.2) is 0 Å². The number of anilines is 2. The first-order valence-corrected chi connectivity index (χ1v) is 8.03. The van der Waals surface area contributed by atoms with E-state index < -0.39 is 0 Å². The van der Waals surface area contributed by atoms with Crippen LogP contribution >= 0.6 is 0 Å². The van der Waals surface area contributed by atoms with Crippen LogP contribution in [-0.4, -0.2) is 29.8 Å². The van der Waals surface area contributed by atoms with Gasteiger partial charge in [-0.25, -0.2) is 0 Å². The van der Waals surface area contributed by atoms with Crippen molar-refractivity contribution in [3.8, 4) is 0 Å². The van der Waals surface area contributed by atoms with Crippen LogP contribution in [0.25, 0.3) is 0 Å². The summed E-state index contributed by atoms with van der Waals surface area (Å²) in [5.41, 5.74) is 8.80. The predicted molar refractivity (Wildman–Crippen MR) is 97.2 cm³/mol. The van der Waals surface area contributed by atoms with Crippen molar-refractivity contribution >= 4 is 23.2 Å². The molecule has 0 saturated heterocycles. The second-order valence-corrected chi connectivity index (χ2v) is 5.59. The Balaban J connectivity index is 2.22. The van der Waals surface area contributed by atoms with Gasteiger partial charge in [-0.1, -0.05) is 12.1 Å². The summed E-state index contributed by atoms with van der Waals surface area (Å²) >= 11 is 0. The van der Waals surface area contributed by atoms with E-state index in [9.17, 15) is 9.59 Å². The molecule has 126 valence electrons. The highest BCUT2D eigenvalue weighted by Gasteiger charge is 2.14. The minimum Gasteiger partial charge on any atom is -0.399 e. The van der Waals surface area contributed by atoms with Crippen LogP contribution in [0.5, 0.6) is 0 Å². The molecule has 0 aliphatic rings. The Morgan fingerprint density at radius 3 is 2.46 bits per heavy atom. The molecule has 0 heterocycles. The van der Waals surface area contributed by atoms with Crippen LogP contribution in [0.1, 0.15) is 40.1 Å². The smallest absolute Gasteiger partial charge is 0.256 e. The SMILES string of the molecule is CCN(CC)C(=O)c1cccc(NC(=O)c2cc(N)ccc2C)c1. The maximum absolute atomic E-state index is 12.5. The Hall–Kier alpha value is -2.82. The largest absolute Gasteiger partial charge is 0.399 e. The lowest BCUT2D eigenvalue weighted by atomic mass is 10.1. The molecule has 2 aromatic rings. The Labute approximate surface area is 142 Å². The van der Waals surface area contributed by atoms with E-state index in [4.69, 9.17) is 5.73 Å². The number of hydrogen-bond donors (Lipinski definition) is 2. The Bertz CT molecular complexity index is 752. The third kappa shape index (κ3) is 3.93. The van der Waals surface area contributed by atoms with Gasteiger partial charge in [-0.15, -0.1) is 0 Å². The molecule has 0 fully saturated rings. The van der Waals surface area contributed by atoms with Gasteiger partial charge in [-0.2, -0.15) is 0 Å². The highest BCUT2D eigenvalue weighted by Crippen LogP contribution is 2.17. The summed E-state index contributed by atoms with van der Waals surface area (Å²) in [5, 5.41) is 2.83. The van der Waals surface area contributed by atoms with Gasteiger partial charge < -0.3 is 16.0 Å². The van der Waals surface area contributed by atoms with Crippen molar-refractivity contribution < 1.29 is 9.59 Å². The molecule has 0 bridgehead atoms. The van der Waals surface area contributed by atoms with Gasteiger partial charge in [0.1, 0.15) is 0 Å². The predicted octanol–water partition coefficient (Wildman–Crippen LogP) is 3.31. The van der Waals surface area contributed by atoms with E-state index >= 15 is 0 Å². The van der Waals surface area contributed by atoms with Crippen molar-refractivity contribution in [1.82, 2.24) is 4.90 Å². The summed E-state index contributed by atoms with van der Waals surface area (Å²) in [6.45, 7) is 7.03. The molecule has 2 rings (SSSR count).